The Bertz CT molecular complexity index is 665. The van der Waals surface area contributed by atoms with Crippen molar-refractivity contribution in [3.63, 3.8) is 0 Å². The third kappa shape index (κ3) is 4.66. The number of hydrogen-bond donors (Lipinski definition) is 1. The lowest BCUT2D eigenvalue weighted by atomic mass is 9.95. The summed E-state index contributed by atoms with van der Waals surface area (Å²) in [5, 5.41) is 3.10. The zero-order chi connectivity index (χ0) is 19.9. The third-order valence-electron chi connectivity index (χ3n) is 6.00. The van der Waals surface area contributed by atoms with Gasteiger partial charge in [0.2, 0.25) is 5.91 Å². The highest BCUT2D eigenvalue weighted by atomic mass is 16.5. The molecule has 1 aliphatic heterocycles. The highest BCUT2D eigenvalue weighted by molar-refractivity contribution is 5.97. The van der Waals surface area contributed by atoms with Crippen LogP contribution in [0.25, 0.3) is 0 Å². The Balaban J connectivity index is 1.64. The van der Waals surface area contributed by atoms with E-state index in [0.29, 0.717) is 30.3 Å². The van der Waals surface area contributed by atoms with E-state index in [-0.39, 0.29) is 17.9 Å². The first-order valence-electron chi connectivity index (χ1n) is 10.6. The van der Waals surface area contributed by atoms with Crippen LogP contribution in [0.15, 0.2) is 24.3 Å². The maximum Gasteiger partial charge on any atom is 0.257 e. The molecule has 1 aliphatic carbocycles. The molecule has 2 fully saturated rings. The average molecular weight is 388 g/mol. The fraction of sp³-hybridized carbons (Fsp3) is 0.636. The quantitative estimate of drug-likeness (QED) is 0.781. The molecule has 154 valence electrons. The third-order valence-corrected chi connectivity index (χ3v) is 6.00. The number of carbonyl (C=O) groups excluding carboxylic acids is 2. The van der Waals surface area contributed by atoms with Gasteiger partial charge in [-0.25, -0.2) is 0 Å². The van der Waals surface area contributed by atoms with Crippen molar-refractivity contribution in [2.24, 2.45) is 5.92 Å². The molecule has 0 radical (unpaired) electrons. The fourth-order valence-electron chi connectivity index (χ4n) is 4.50. The molecular weight excluding hydrogens is 354 g/mol. The van der Waals surface area contributed by atoms with Crippen molar-refractivity contribution in [3.8, 4) is 5.75 Å². The fourth-order valence-corrected chi connectivity index (χ4v) is 4.50. The minimum Gasteiger partial charge on any atom is -0.496 e. The molecule has 28 heavy (non-hydrogen) atoms. The Kier molecular flexibility index (Phi) is 7.31. The summed E-state index contributed by atoms with van der Waals surface area (Å²) in [5.41, 5.74) is 0.603. The summed E-state index contributed by atoms with van der Waals surface area (Å²) in [6.45, 7) is 5.56. The maximum atomic E-state index is 12.9. The topological polar surface area (TPSA) is 61.9 Å². The van der Waals surface area contributed by atoms with E-state index in [1.165, 1.54) is 12.8 Å². The Morgan fingerprint density at radius 3 is 2.46 bits per heavy atom. The lowest BCUT2D eigenvalue weighted by molar-refractivity contribution is -0.129. The van der Waals surface area contributed by atoms with Gasteiger partial charge in [-0.3, -0.25) is 14.5 Å². The van der Waals surface area contributed by atoms with E-state index < -0.39 is 0 Å². The number of rotatable bonds is 7. The zero-order valence-corrected chi connectivity index (χ0v) is 17.2. The van der Waals surface area contributed by atoms with Gasteiger partial charge in [0.15, 0.2) is 0 Å². The molecule has 2 aliphatic rings. The first kappa shape index (κ1) is 20.6. The molecule has 0 bridgehead atoms. The predicted molar refractivity (Wildman–Crippen MR) is 110 cm³/mol. The van der Waals surface area contributed by atoms with Crippen LogP contribution in [-0.2, 0) is 4.79 Å². The second-order valence-corrected chi connectivity index (χ2v) is 7.81. The minimum atomic E-state index is -0.0578. The summed E-state index contributed by atoms with van der Waals surface area (Å²) < 4.78 is 5.34. The molecule has 6 nitrogen and oxygen atoms in total. The monoisotopic (exact) mass is 387 g/mol. The van der Waals surface area contributed by atoms with Gasteiger partial charge in [0, 0.05) is 32.7 Å². The van der Waals surface area contributed by atoms with Crippen molar-refractivity contribution < 1.29 is 14.3 Å². The van der Waals surface area contributed by atoms with E-state index in [0.717, 1.165) is 38.9 Å². The van der Waals surface area contributed by atoms with Gasteiger partial charge in [0.25, 0.3) is 5.91 Å². The number of benzene rings is 1. The molecule has 1 aromatic rings. The summed E-state index contributed by atoms with van der Waals surface area (Å²) in [6.07, 6.45) is 5.64. The number of nitrogens with zero attached hydrogens (tertiary/aromatic N) is 2. The van der Waals surface area contributed by atoms with Gasteiger partial charge >= 0.3 is 0 Å². The van der Waals surface area contributed by atoms with Crippen LogP contribution >= 0.6 is 0 Å². The summed E-state index contributed by atoms with van der Waals surface area (Å²) in [6, 6.07) is 7.30. The second kappa shape index (κ2) is 9.92. The number of hydrogen-bond acceptors (Lipinski definition) is 4. The molecule has 2 amide bonds. The number of para-hydroxylation sites is 1. The van der Waals surface area contributed by atoms with Crippen LogP contribution in [0.3, 0.4) is 0 Å². The van der Waals surface area contributed by atoms with Crippen LogP contribution < -0.4 is 10.1 Å². The molecule has 1 unspecified atom stereocenters. The highest BCUT2D eigenvalue weighted by Gasteiger charge is 2.37. The highest BCUT2D eigenvalue weighted by Crippen LogP contribution is 2.31. The van der Waals surface area contributed by atoms with Crippen molar-refractivity contribution in [1.82, 2.24) is 15.1 Å². The number of ether oxygens (including phenoxy) is 1. The SMILES string of the molecule is CCCNC(=O)C(C1CCCC1)N1CCN(C(=O)c2ccccc2OC)CC1. The summed E-state index contributed by atoms with van der Waals surface area (Å²) in [7, 11) is 1.59. The molecule has 6 heteroatoms. The van der Waals surface area contributed by atoms with Crippen molar-refractivity contribution >= 4 is 11.8 Å². The van der Waals surface area contributed by atoms with Gasteiger partial charge < -0.3 is 15.0 Å². The number of methoxy groups -OCH3 is 1. The van der Waals surface area contributed by atoms with Crippen LogP contribution in [0.1, 0.15) is 49.4 Å². The van der Waals surface area contributed by atoms with Crippen molar-refractivity contribution in [1.29, 1.82) is 0 Å². The molecular formula is C22H33N3O3. The number of carbonyl (C=O) groups is 2. The summed E-state index contributed by atoms with van der Waals surface area (Å²) in [4.78, 5) is 30.0. The van der Waals surface area contributed by atoms with E-state index in [2.05, 4.69) is 17.1 Å². The Morgan fingerprint density at radius 2 is 1.82 bits per heavy atom. The lowest BCUT2D eigenvalue weighted by Crippen LogP contribution is -2.58. The molecule has 3 rings (SSSR count). The molecule has 1 saturated heterocycles. The van der Waals surface area contributed by atoms with Crippen molar-refractivity contribution in [2.45, 2.75) is 45.1 Å². The van der Waals surface area contributed by atoms with Gasteiger partial charge in [-0.05, 0) is 37.3 Å². The molecule has 1 saturated carbocycles. The smallest absolute Gasteiger partial charge is 0.257 e. The number of amides is 2. The Hall–Kier alpha value is -2.08. The van der Waals surface area contributed by atoms with E-state index in [4.69, 9.17) is 4.74 Å². The predicted octanol–water partition coefficient (Wildman–Crippen LogP) is 2.54. The van der Waals surface area contributed by atoms with Gasteiger partial charge in [-0.15, -0.1) is 0 Å². The second-order valence-electron chi connectivity index (χ2n) is 7.81. The van der Waals surface area contributed by atoms with E-state index in [9.17, 15) is 9.59 Å². The number of nitrogens with one attached hydrogen (secondary N) is 1. The van der Waals surface area contributed by atoms with Crippen LogP contribution in [0.5, 0.6) is 5.75 Å². The minimum absolute atomic E-state index is 0.00458. The molecule has 0 aromatic heterocycles. The molecule has 0 spiro atoms. The van der Waals surface area contributed by atoms with Crippen molar-refractivity contribution in [3.05, 3.63) is 29.8 Å². The number of piperazine rings is 1. The normalized spacial score (nSPS) is 19.4. The standard InChI is InChI=1S/C22H33N3O3/c1-3-12-23-21(26)20(17-8-4-5-9-17)24-13-15-25(16-14-24)22(27)18-10-6-7-11-19(18)28-2/h6-7,10-11,17,20H,3-5,8-9,12-16H2,1-2H3,(H,23,26). The zero-order valence-electron chi connectivity index (χ0n) is 17.2. The largest absolute Gasteiger partial charge is 0.496 e. The summed E-state index contributed by atoms with van der Waals surface area (Å²) >= 11 is 0. The van der Waals surface area contributed by atoms with Gasteiger partial charge in [0.05, 0.1) is 18.7 Å². The van der Waals surface area contributed by atoms with Gasteiger partial charge in [-0.1, -0.05) is 31.9 Å². The van der Waals surface area contributed by atoms with E-state index in [1.807, 2.05) is 29.2 Å². The van der Waals surface area contributed by atoms with Gasteiger partial charge in [0.1, 0.15) is 5.75 Å². The first-order valence-corrected chi connectivity index (χ1v) is 10.6. The Morgan fingerprint density at radius 1 is 1.14 bits per heavy atom. The van der Waals surface area contributed by atoms with E-state index >= 15 is 0 Å². The average Bonchev–Trinajstić information content (AvgIpc) is 3.26. The van der Waals surface area contributed by atoms with Crippen LogP contribution in [0.4, 0.5) is 0 Å². The lowest BCUT2D eigenvalue weighted by Gasteiger charge is -2.40. The molecule has 1 N–H and O–H groups in total. The van der Waals surface area contributed by atoms with Crippen LogP contribution in [-0.4, -0.2) is 67.5 Å². The Labute approximate surface area is 168 Å². The molecule has 1 heterocycles. The van der Waals surface area contributed by atoms with Crippen LogP contribution in [0, 0.1) is 5.92 Å². The van der Waals surface area contributed by atoms with E-state index in [1.54, 1.807) is 7.11 Å². The molecule has 1 atom stereocenters. The molecule has 1 aromatic carbocycles. The van der Waals surface area contributed by atoms with Gasteiger partial charge in [-0.2, -0.15) is 0 Å². The van der Waals surface area contributed by atoms with Crippen LogP contribution in [0.2, 0.25) is 0 Å². The van der Waals surface area contributed by atoms with Crippen molar-refractivity contribution in [2.75, 3.05) is 39.8 Å². The summed E-state index contributed by atoms with van der Waals surface area (Å²) in [5.74, 6) is 1.22. The maximum absolute atomic E-state index is 12.9. The first-order chi connectivity index (χ1) is 13.7.